The molecule has 1 unspecified atom stereocenters. The van der Waals surface area contributed by atoms with E-state index in [0.717, 1.165) is 29.1 Å². The first-order valence-corrected chi connectivity index (χ1v) is 10.4. The average molecular weight is 421 g/mol. The van der Waals surface area contributed by atoms with E-state index in [1.54, 1.807) is 24.4 Å². The van der Waals surface area contributed by atoms with Crippen molar-refractivity contribution >= 4 is 23.1 Å². The van der Waals surface area contributed by atoms with Gasteiger partial charge >= 0.3 is 0 Å². The predicted octanol–water partition coefficient (Wildman–Crippen LogP) is 3.02. The van der Waals surface area contributed by atoms with Gasteiger partial charge in [-0.3, -0.25) is 14.7 Å². The van der Waals surface area contributed by atoms with Crippen LogP contribution in [0.2, 0.25) is 0 Å². The van der Waals surface area contributed by atoms with Gasteiger partial charge in [0.05, 0.1) is 24.4 Å². The van der Waals surface area contributed by atoms with E-state index in [-0.39, 0.29) is 11.8 Å². The molecular formula is C23H28N6O2. The zero-order valence-corrected chi connectivity index (χ0v) is 18.7. The molecule has 1 atom stereocenters. The minimum atomic E-state index is -0.530. The van der Waals surface area contributed by atoms with E-state index in [9.17, 15) is 4.79 Å². The molecule has 4 rings (SSSR count). The van der Waals surface area contributed by atoms with Crippen molar-refractivity contribution < 1.29 is 9.53 Å². The van der Waals surface area contributed by atoms with Gasteiger partial charge < -0.3 is 9.64 Å². The van der Waals surface area contributed by atoms with Crippen molar-refractivity contribution in [3.8, 4) is 0 Å². The number of ether oxygens (including phenoxy) is 1. The molecule has 2 aliphatic rings. The Bertz CT molecular complexity index is 1040. The zero-order chi connectivity index (χ0) is 22.2. The lowest BCUT2D eigenvalue weighted by Crippen LogP contribution is -2.32. The Morgan fingerprint density at radius 1 is 1.23 bits per heavy atom. The number of fused-ring (bicyclic) bond motifs is 1. The number of aryl methyl sites for hydroxylation is 1. The van der Waals surface area contributed by atoms with Crippen LogP contribution in [0.15, 0.2) is 42.6 Å². The quantitative estimate of drug-likeness (QED) is 0.710. The van der Waals surface area contributed by atoms with Crippen LogP contribution < -0.4 is 9.80 Å². The van der Waals surface area contributed by atoms with Gasteiger partial charge in [-0.2, -0.15) is 0 Å². The van der Waals surface area contributed by atoms with Crippen LogP contribution in [0.3, 0.4) is 0 Å². The van der Waals surface area contributed by atoms with Crippen molar-refractivity contribution in [2.24, 2.45) is 11.3 Å². The number of likely N-dealkylation sites (N-methyl/N-ethyl adjacent to an activating group) is 1. The Labute approximate surface area is 182 Å². The van der Waals surface area contributed by atoms with Crippen LogP contribution in [-0.4, -0.2) is 53.2 Å². The van der Waals surface area contributed by atoms with Crippen LogP contribution in [0.5, 0.6) is 0 Å². The molecule has 1 aliphatic heterocycles. The molecule has 1 aliphatic carbocycles. The van der Waals surface area contributed by atoms with E-state index < -0.39 is 5.41 Å². The van der Waals surface area contributed by atoms with Gasteiger partial charge in [0.15, 0.2) is 5.82 Å². The Morgan fingerprint density at radius 2 is 1.97 bits per heavy atom. The van der Waals surface area contributed by atoms with Crippen molar-refractivity contribution in [2.75, 3.05) is 37.1 Å². The molecular weight excluding hydrogens is 392 g/mol. The van der Waals surface area contributed by atoms with Gasteiger partial charge in [-0.05, 0) is 25.0 Å². The monoisotopic (exact) mass is 420 g/mol. The first-order valence-electron chi connectivity index (χ1n) is 10.4. The molecule has 0 spiro atoms. The predicted molar refractivity (Wildman–Crippen MR) is 119 cm³/mol. The molecule has 0 bridgehead atoms. The largest absolute Gasteiger partial charge is 0.383 e. The molecule has 3 heterocycles. The molecule has 162 valence electrons. The normalized spacial score (nSPS) is 19.7. The molecule has 0 N–H and O–H groups in total. The van der Waals surface area contributed by atoms with Crippen LogP contribution in [0.4, 0.5) is 11.6 Å². The van der Waals surface area contributed by atoms with E-state index in [1.165, 1.54) is 0 Å². The maximum Gasteiger partial charge on any atom is 0.238 e. The second kappa shape index (κ2) is 8.19. The molecule has 8 nitrogen and oxygen atoms in total. The molecule has 2 aromatic heterocycles. The van der Waals surface area contributed by atoms with Crippen LogP contribution in [0.1, 0.15) is 31.7 Å². The Balaban J connectivity index is 1.72. The van der Waals surface area contributed by atoms with E-state index in [4.69, 9.17) is 9.72 Å². The second-order valence-corrected chi connectivity index (χ2v) is 8.55. The maximum atomic E-state index is 13.5. The molecule has 1 fully saturated rings. The minimum absolute atomic E-state index is 0.0320. The average Bonchev–Trinajstić information content (AvgIpc) is 2.97. The van der Waals surface area contributed by atoms with Crippen LogP contribution in [0.25, 0.3) is 5.57 Å². The number of carbonyl (C=O) groups excluding carboxylic acids is 1. The van der Waals surface area contributed by atoms with Crippen LogP contribution in [-0.2, 0) is 9.53 Å². The fourth-order valence-electron chi connectivity index (χ4n) is 4.08. The van der Waals surface area contributed by atoms with Crippen molar-refractivity contribution in [3.63, 3.8) is 0 Å². The van der Waals surface area contributed by atoms with Gasteiger partial charge in [0, 0.05) is 50.3 Å². The number of allylic oxidation sites excluding steroid dienone is 4. The number of hydrogen-bond donors (Lipinski definition) is 0. The molecule has 0 saturated carbocycles. The summed E-state index contributed by atoms with van der Waals surface area (Å²) in [4.78, 5) is 34.9. The number of rotatable bonds is 6. The summed E-state index contributed by atoms with van der Waals surface area (Å²) in [5.41, 5.74) is 2.37. The van der Waals surface area contributed by atoms with Gasteiger partial charge in [0.1, 0.15) is 11.6 Å². The highest BCUT2D eigenvalue weighted by atomic mass is 16.5. The number of carbonyl (C=O) groups is 1. The molecule has 1 saturated heterocycles. The van der Waals surface area contributed by atoms with Gasteiger partial charge in [0.25, 0.3) is 0 Å². The van der Waals surface area contributed by atoms with Crippen LogP contribution in [0, 0.1) is 18.3 Å². The highest BCUT2D eigenvalue weighted by molar-refractivity contribution is 6.04. The van der Waals surface area contributed by atoms with Gasteiger partial charge in [-0.1, -0.05) is 19.9 Å². The van der Waals surface area contributed by atoms with Crippen molar-refractivity contribution in [2.45, 2.75) is 27.2 Å². The Hall–Kier alpha value is -3.13. The third kappa shape index (κ3) is 3.83. The first kappa shape index (κ1) is 21.1. The van der Waals surface area contributed by atoms with Gasteiger partial charge in [-0.25, -0.2) is 15.0 Å². The number of nitrogens with zero attached hydrogens (tertiary/aromatic N) is 6. The third-order valence-electron chi connectivity index (χ3n) is 6.09. The molecule has 0 radical (unpaired) electrons. The van der Waals surface area contributed by atoms with E-state index in [2.05, 4.69) is 27.1 Å². The number of aromatic nitrogens is 4. The maximum absolute atomic E-state index is 13.5. The number of methoxy groups -OCH3 is 1. The second-order valence-electron chi connectivity index (χ2n) is 8.55. The summed E-state index contributed by atoms with van der Waals surface area (Å²) in [5.74, 6) is 2.07. The molecule has 0 aromatic carbocycles. The van der Waals surface area contributed by atoms with E-state index in [1.807, 2.05) is 45.1 Å². The third-order valence-corrected chi connectivity index (χ3v) is 6.09. The fourth-order valence-corrected chi connectivity index (χ4v) is 4.08. The van der Waals surface area contributed by atoms with Crippen molar-refractivity contribution in [1.82, 2.24) is 19.9 Å². The van der Waals surface area contributed by atoms with Gasteiger partial charge in [-0.15, -0.1) is 0 Å². The number of amides is 1. The lowest BCUT2D eigenvalue weighted by molar-refractivity contribution is -0.125. The summed E-state index contributed by atoms with van der Waals surface area (Å²) >= 11 is 0. The first-order chi connectivity index (χ1) is 14.8. The Kier molecular flexibility index (Phi) is 5.58. The van der Waals surface area contributed by atoms with Crippen molar-refractivity contribution in [1.29, 1.82) is 0 Å². The number of hydrogen-bond acceptors (Lipinski definition) is 7. The molecule has 31 heavy (non-hydrogen) atoms. The standard InChI is InChI=1S/C23H28N6O2/c1-15-25-11-17(12-26-15)16-6-7-18-19(10-16)29(22(30)23(18,2)3)21-14-24-13-20(27-21)28(4)8-9-31-5/h6,10-14,18H,7-9H2,1-5H3. The lowest BCUT2D eigenvalue weighted by Gasteiger charge is -2.26. The van der Waals surface area contributed by atoms with Crippen LogP contribution >= 0.6 is 0 Å². The summed E-state index contributed by atoms with van der Waals surface area (Å²) < 4.78 is 5.16. The fraction of sp³-hybridized carbons (Fsp3) is 0.435. The summed E-state index contributed by atoms with van der Waals surface area (Å²) in [6, 6.07) is 0. The Morgan fingerprint density at radius 3 is 2.68 bits per heavy atom. The van der Waals surface area contributed by atoms with Gasteiger partial charge in [0.2, 0.25) is 5.91 Å². The molecule has 1 amide bonds. The summed E-state index contributed by atoms with van der Waals surface area (Å²) in [6.07, 6.45) is 12.0. The van der Waals surface area contributed by atoms with E-state index in [0.29, 0.717) is 24.8 Å². The summed E-state index contributed by atoms with van der Waals surface area (Å²) in [5, 5.41) is 0. The molecule has 2 aromatic rings. The van der Waals surface area contributed by atoms with E-state index >= 15 is 0 Å². The zero-order valence-electron chi connectivity index (χ0n) is 18.7. The molecule has 8 heteroatoms. The smallest absolute Gasteiger partial charge is 0.238 e. The summed E-state index contributed by atoms with van der Waals surface area (Å²) in [6.45, 7) is 7.13. The summed E-state index contributed by atoms with van der Waals surface area (Å²) in [7, 11) is 3.60. The highest BCUT2D eigenvalue weighted by Crippen LogP contribution is 2.50. The number of anilines is 2. The highest BCUT2D eigenvalue weighted by Gasteiger charge is 2.52. The lowest BCUT2D eigenvalue weighted by atomic mass is 9.75. The van der Waals surface area contributed by atoms with Crippen molar-refractivity contribution in [3.05, 3.63) is 54.0 Å². The topological polar surface area (TPSA) is 84.3 Å². The SMILES string of the molecule is COCCN(C)c1cncc(N2C(=O)C(C)(C)C3CC=C(c4cnc(C)nc4)C=C32)n1. The minimum Gasteiger partial charge on any atom is -0.383 e.